The van der Waals surface area contributed by atoms with Gasteiger partial charge >= 0.3 is 0 Å². The van der Waals surface area contributed by atoms with Gasteiger partial charge in [-0.25, -0.2) is 0 Å². The van der Waals surface area contributed by atoms with Gasteiger partial charge in [0.25, 0.3) is 11.8 Å². The Morgan fingerprint density at radius 3 is 2.50 bits per heavy atom. The third-order valence-corrected chi connectivity index (χ3v) is 5.19. The molecule has 1 N–H and O–H groups in total. The lowest BCUT2D eigenvalue weighted by atomic mass is 10.0. The van der Waals surface area contributed by atoms with Crippen molar-refractivity contribution in [1.29, 1.82) is 0 Å². The minimum absolute atomic E-state index is 0.00725. The Kier molecular flexibility index (Phi) is 7.14. The van der Waals surface area contributed by atoms with Crippen molar-refractivity contribution in [2.24, 2.45) is 0 Å². The molecule has 1 aliphatic rings. The van der Waals surface area contributed by atoms with Crippen LogP contribution in [0.1, 0.15) is 42.3 Å². The molecule has 0 bridgehead atoms. The monoisotopic (exact) mass is 448 g/mol. The number of piperidine rings is 1. The first-order valence-electron chi connectivity index (χ1n) is 9.61. The predicted octanol–water partition coefficient (Wildman–Crippen LogP) is 3.79. The second-order valence-corrected chi connectivity index (χ2v) is 7.70. The van der Waals surface area contributed by atoms with E-state index in [2.05, 4.69) is 28.2 Å². The van der Waals surface area contributed by atoms with E-state index in [1.165, 1.54) is 5.56 Å². The van der Waals surface area contributed by atoms with E-state index in [1.54, 1.807) is 17.0 Å². The van der Waals surface area contributed by atoms with Gasteiger partial charge in [0.15, 0.2) is 17.0 Å². The van der Waals surface area contributed by atoms with Gasteiger partial charge in [-0.05, 0) is 65.0 Å². The average molecular weight is 449 g/mol. The molecule has 1 saturated heterocycles. The lowest BCUT2D eigenvalue weighted by molar-refractivity contribution is -0.124. The highest BCUT2D eigenvalue weighted by Crippen LogP contribution is 2.19. The zero-order valence-corrected chi connectivity index (χ0v) is 17.5. The van der Waals surface area contributed by atoms with E-state index in [1.807, 2.05) is 24.3 Å². The SMILES string of the molecule is CCCc1ccc(OCC(=O)NC2CCN(C(=O)c3ccc(Br)o3)CC2)cc1. The molecule has 150 valence electrons. The number of ether oxygens (including phenoxy) is 1. The highest BCUT2D eigenvalue weighted by atomic mass is 79.9. The van der Waals surface area contributed by atoms with Gasteiger partial charge in [-0.1, -0.05) is 25.5 Å². The number of halogens is 1. The highest BCUT2D eigenvalue weighted by Gasteiger charge is 2.26. The fourth-order valence-corrected chi connectivity index (χ4v) is 3.58. The number of benzene rings is 1. The number of aryl methyl sites for hydroxylation is 1. The van der Waals surface area contributed by atoms with Gasteiger partial charge in [0, 0.05) is 19.1 Å². The van der Waals surface area contributed by atoms with Crippen LogP contribution in [0.3, 0.4) is 0 Å². The molecule has 7 heteroatoms. The summed E-state index contributed by atoms with van der Waals surface area (Å²) in [7, 11) is 0. The fourth-order valence-electron chi connectivity index (χ4n) is 3.27. The van der Waals surface area contributed by atoms with Crippen LogP contribution >= 0.6 is 15.9 Å². The Hall–Kier alpha value is -2.28. The lowest BCUT2D eigenvalue weighted by Crippen LogP contribution is -2.47. The van der Waals surface area contributed by atoms with Crippen molar-refractivity contribution in [3.05, 3.63) is 52.4 Å². The molecule has 3 rings (SSSR count). The summed E-state index contributed by atoms with van der Waals surface area (Å²) in [6, 6.07) is 11.3. The topological polar surface area (TPSA) is 71.8 Å². The highest BCUT2D eigenvalue weighted by molar-refractivity contribution is 9.10. The molecule has 28 heavy (non-hydrogen) atoms. The van der Waals surface area contributed by atoms with Crippen LogP contribution < -0.4 is 10.1 Å². The van der Waals surface area contributed by atoms with Gasteiger partial charge in [0.1, 0.15) is 5.75 Å². The standard InChI is InChI=1S/C21H25BrN2O4/c1-2-3-15-4-6-17(7-5-15)27-14-20(25)23-16-10-12-24(13-11-16)21(26)18-8-9-19(22)28-18/h4-9,16H,2-3,10-14H2,1H3,(H,23,25). The maximum Gasteiger partial charge on any atom is 0.289 e. The van der Waals surface area contributed by atoms with E-state index < -0.39 is 0 Å². The second kappa shape index (κ2) is 9.78. The first kappa shape index (κ1) is 20.5. The van der Waals surface area contributed by atoms with Crippen molar-refractivity contribution in [3.63, 3.8) is 0 Å². The summed E-state index contributed by atoms with van der Waals surface area (Å²) < 4.78 is 11.4. The number of nitrogens with one attached hydrogen (secondary N) is 1. The summed E-state index contributed by atoms with van der Waals surface area (Å²) in [6.07, 6.45) is 3.57. The second-order valence-electron chi connectivity index (χ2n) is 6.92. The summed E-state index contributed by atoms with van der Waals surface area (Å²) in [6.45, 7) is 3.31. The average Bonchev–Trinajstić information content (AvgIpc) is 3.14. The van der Waals surface area contributed by atoms with Crippen LogP contribution in [0.2, 0.25) is 0 Å². The first-order valence-corrected chi connectivity index (χ1v) is 10.4. The lowest BCUT2D eigenvalue weighted by Gasteiger charge is -2.31. The summed E-state index contributed by atoms with van der Waals surface area (Å²) in [5.41, 5.74) is 1.27. The fraction of sp³-hybridized carbons (Fsp3) is 0.429. The number of rotatable bonds is 7. The molecule has 1 aromatic heterocycles. The zero-order chi connectivity index (χ0) is 19.9. The normalized spacial score (nSPS) is 14.7. The molecule has 1 aliphatic heterocycles. The number of hydrogen-bond donors (Lipinski definition) is 1. The molecule has 0 spiro atoms. The van der Waals surface area contributed by atoms with E-state index in [-0.39, 0.29) is 24.5 Å². The first-order chi connectivity index (χ1) is 13.5. The maximum atomic E-state index is 12.4. The third-order valence-electron chi connectivity index (χ3n) is 4.76. The number of carbonyl (C=O) groups excluding carboxylic acids is 2. The van der Waals surface area contributed by atoms with Gasteiger partial charge in [-0.3, -0.25) is 9.59 Å². The molecule has 0 saturated carbocycles. The summed E-state index contributed by atoms with van der Waals surface area (Å²) in [4.78, 5) is 26.3. The van der Waals surface area contributed by atoms with Crippen LogP contribution in [-0.2, 0) is 11.2 Å². The van der Waals surface area contributed by atoms with Gasteiger partial charge in [0.2, 0.25) is 0 Å². The molecule has 0 unspecified atom stereocenters. The quantitative estimate of drug-likeness (QED) is 0.698. The van der Waals surface area contributed by atoms with Crippen LogP contribution in [0.5, 0.6) is 5.75 Å². The number of hydrogen-bond acceptors (Lipinski definition) is 4. The Labute approximate surface area is 173 Å². The van der Waals surface area contributed by atoms with Crippen molar-refractivity contribution in [1.82, 2.24) is 10.2 Å². The molecule has 1 aromatic carbocycles. The molecule has 0 atom stereocenters. The van der Waals surface area contributed by atoms with E-state index in [0.717, 1.165) is 12.8 Å². The Bertz CT molecular complexity index is 795. The minimum atomic E-state index is -0.141. The number of furan rings is 1. The van der Waals surface area contributed by atoms with Crippen LogP contribution in [-0.4, -0.2) is 42.5 Å². The zero-order valence-electron chi connectivity index (χ0n) is 15.9. The van der Waals surface area contributed by atoms with E-state index in [0.29, 0.717) is 42.1 Å². The molecule has 6 nitrogen and oxygen atoms in total. The van der Waals surface area contributed by atoms with Crippen molar-refractivity contribution in [2.75, 3.05) is 19.7 Å². The molecular weight excluding hydrogens is 424 g/mol. The van der Waals surface area contributed by atoms with Crippen LogP contribution in [0.4, 0.5) is 0 Å². The summed E-state index contributed by atoms with van der Waals surface area (Å²) >= 11 is 3.21. The third kappa shape index (κ3) is 5.61. The number of amides is 2. The van der Waals surface area contributed by atoms with Gasteiger partial charge in [-0.2, -0.15) is 0 Å². The van der Waals surface area contributed by atoms with Crippen LogP contribution in [0.15, 0.2) is 45.5 Å². The number of nitrogens with zero attached hydrogens (tertiary/aromatic N) is 1. The summed E-state index contributed by atoms with van der Waals surface area (Å²) in [5.74, 6) is 0.760. The number of likely N-dealkylation sites (tertiary alicyclic amines) is 1. The molecule has 1 fully saturated rings. The molecule has 0 aliphatic carbocycles. The summed E-state index contributed by atoms with van der Waals surface area (Å²) in [5, 5.41) is 2.99. The van der Waals surface area contributed by atoms with Crippen molar-refractivity contribution >= 4 is 27.7 Å². The smallest absolute Gasteiger partial charge is 0.289 e. The molecule has 2 amide bonds. The van der Waals surface area contributed by atoms with E-state index >= 15 is 0 Å². The van der Waals surface area contributed by atoms with Gasteiger partial charge in [-0.15, -0.1) is 0 Å². The predicted molar refractivity (Wildman–Crippen MR) is 109 cm³/mol. The van der Waals surface area contributed by atoms with Crippen molar-refractivity contribution in [2.45, 2.75) is 38.6 Å². The minimum Gasteiger partial charge on any atom is -0.484 e. The van der Waals surface area contributed by atoms with Crippen LogP contribution in [0, 0.1) is 0 Å². The molecule has 2 heterocycles. The largest absolute Gasteiger partial charge is 0.484 e. The van der Waals surface area contributed by atoms with Crippen LogP contribution in [0.25, 0.3) is 0 Å². The van der Waals surface area contributed by atoms with Gasteiger partial charge in [0.05, 0.1) is 0 Å². The van der Waals surface area contributed by atoms with E-state index in [4.69, 9.17) is 9.15 Å². The van der Waals surface area contributed by atoms with Gasteiger partial charge < -0.3 is 19.4 Å². The van der Waals surface area contributed by atoms with E-state index in [9.17, 15) is 9.59 Å². The Morgan fingerprint density at radius 2 is 1.89 bits per heavy atom. The maximum absolute atomic E-state index is 12.4. The molecule has 0 radical (unpaired) electrons. The number of carbonyl (C=O) groups is 2. The van der Waals surface area contributed by atoms with Crippen molar-refractivity contribution < 1.29 is 18.7 Å². The molecular formula is C21H25BrN2O4. The molecule has 2 aromatic rings. The Morgan fingerprint density at radius 1 is 1.18 bits per heavy atom. The van der Waals surface area contributed by atoms with Crippen molar-refractivity contribution in [3.8, 4) is 5.75 Å². The Balaban J connectivity index is 1.39.